The van der Waals surface area contributed by atoms with Gasteiger partial charge in [0.05, 0.1) is 12.3 Å². The number of benzene rings is 2. The van der Waals surface area contributed by atoms with E-state index in [1.165, 1.54) is 5.69 Å². The van der Waals surface area contributed by atoms with Crippen molar-refractivity contribution in [3.8, 4) is 22.4 Å². The van der Waals surface area contributed by atoms with Crippen LogP contribution in [0.3, 0.4) is 0 Å². The zero-order chi connectivity index (χ0) is 24.4. The second-order valence-electron chi connectivity index (χ2n) is 8.90. The zero-order valence-electron chi connectivity index (χ0n) is 20.0. The van der Waals surface area contributed by atoms with E-state index in [-0.39, 0.29) is 4.90 Å². The number of ether oxygens (including phenoxy) is 1. The number of nitrogens with zero attached hydrogens (tertiary/aromatic N) is 4. The van der Waals surface area contributed by atoms with Gasteiger partial charge in [-0.3, -0.25) is 9.11 Å². The Kier molecular flexibility index (Phi) is 6.97. The van der Waals surface area contributed by atoms with Crippen LogP contribution in [-0.4, -0.2) is 69.5 Å². The summed E-state index contributed by atoms with van der Waals surface area (Å²) in [7, 11) is 1.75. The SMILES string of the molecule is COCCN1CCN(c2ccc(-c3cc(C)c4nc(-c5ccc(S(=O)[O-])cc5)cn4c3)cc2)CC1. The van der Waals surface area contributed by atoms with Crippen LogP contribution in [0.25, 0.3) is 28.0 Å². The second kappa shape index (κ2) is 10.3. The maximum Gasteiger partial charge on any atom is 0.140 e. The normalized spacial score (nSPS) is 15.6. The van der Waals surface area contributed by atoms with Crippen molar-refractivity contribution in [3.63, 3.8) is 0 Å². The van der Waals surface area contributed by atoms with Crippen molar-refractivity contribution in [3.05, 3.63) is 72.6 Å². The van der Waals surface area contributed by atoms with Gasteiger partial charge in [0.25, 0.3) is 0 Å². The number of imidazole rings is 1. The molecule has 0 saturated carbocycles. The summed E-state index contributed by atoms with van der Waals surface area (Å²) in [5.41, 5.74) is 7.22. The first-order chi connectivity index (χ1) is 17.0. The van der Waals surface area contributed by atoms with E-state index in [1.807, 2.05) is 10.6 Å². The number of rotatable bonds is 7. The van der Waals surface area contributed by atoms with Gasteiger partial charge in [-0.1, -0.05) is 24.3 Å². The standard InChI is InChI=1S/C27H30N4O3S/c1-20-17-23(18-31-19-26(28-27(20)31)22-5-9-25(10-6-22)35(32)33)21-3-7-24(8-4-21)30-13-11-29(12-14-30)15-16-34-2/h3-10,17-19H,11-16H2,1-2H3,(H,32,33)/p-1. The Morgan fingerprint density at radius 3 is 2.29 bits per heavy atom. The highest BCUT2D eigenvalue weighted by molar-refractivity contribution is 7.79. The maximum absolute atomic E-state index is 11.1. The lowest BCUT2D eigenvalue weighted by Crippen LogP contribution is -2.47. The molecule has 182 valence electrons. The van der Waals surface area contributed by atoms with Crippen molar-refractivity contribution in [2.45, 2.75) is 11.8 Å². The summed E-state index contributed by atoms with van der Waals surface area (Å²) >= 11 is -2.23. The van der Waals surface area contributed by atoms with Gasteiger partial charge in [-0.25, -0.2) is 4.98 Å². The van der Waals surface area contributed by atoms with Gasteiger partial charge in [-0.05, 0) is 65.0 Å². The van der Waals surface area contributed by atoms with E-state index in [1.54, 1.807) is 31.4 Å². The van der Waals surface area contributed by atoms with Gasteiger partial charge < -0.3 is 18.6 Å². The van der Waals surface area contributed by atoms with Crippen LogP contribution in [0, 0.1) is 6.92 Å². The number of pyridine rings is 1. The summed E-state index contributed by atoms with van der Waals surface area (Å²) in [6, 6.07) is 17.7. The first kappa shape index (κ1) is 23.7. The van der Waals surface area contributed by atoms with Crippen molar-refractivity contribution >= 4 is 22.4 Å². The van der Waals surface area contributed by atoms with E-state index in [2.05, 4.69) is 53.3 Å². The van der Waals surface area contributed by atoms with E-state index >= 15 is 0 Å². The fourth-order valence-corrected chi connectivity index (χ4v) is 4.98. The first-order valence-electron chi connectivity index (χ1n) is 11.8. The first-order valence-corrected chi connectivity index (χ1v) is 12.8. The highest BCUT2D eigenvalue weighted by Gasteiger charge is 2.17. The molecule has 0 N–H and O–H groups in total. The lowest BCUT2D eigenvalue weighted by molar-refractivity contribution is 0.144. The Bertz CT molecular complexity index is 1330. The van der Waals surface area contributed by atoms with Crippen LogP contribution in [0.2, 0.25) is 0 Å². The van der Waals surface area contributed by atoms with E-state index in [0.717, 1.165) is 72.9 Å². The van der Waals surface area contributed by atoms with Crippen molar-refractivity contribution in [2.24, 2.45) is 0 Å². The second-order valence-corrected chi connectivity index (χ2v) is 9.84. The summed E-state index contributed by atoms with van der Waals surface area (Å²) in [5.74, 6) is 0. The smallest absolute Gasteiger partial charge is 0.140 e. The molecule has 7 nitrogen and oxygen atoms in total. The summed E-state index contributed by atoms with van der Waals surface area (Å²) in [6.07, 6.45) is 4.09. The van der Waals surface area contributed by atoms with E-state index in [4.69, 9.17) is 9.72 Å². The molecule has 5 rings (SSSR count). The van der Waals surface area contributed by atoms with Crippen LogP contribution in [0.15, 0.2) is 71.9 Å². The molecule has 0 aliphatic carbocycles. The number of aromatic nitrogens is 2. The molecule has 0 bridgehead atoms. The van der Waals surface area contributed by atoms with Crippen LogP contribution < -0.4 is 4.90 Å². The molecule has 0 spiro atoms. The summed E-state index contributed by atoms with van der Waals surface area (Å²) in [4.78, 5) is 9.94. The summed E-state index contributed by atoms with van der Waals surface area (Å²) in [5, 5.41) is 0. The van der Waals surface area contributed by atoms with E-state index < -0.39 is 11.1 Å². The highest BCUT2D eigenvalue weighted by Crippen LogP contribution is 2.28. The molecule has 2 aromatic carbocycles. The number of fused-ring (bicyclic) bond motifs is 1. The largest absolute Gasteiger partial charge is 0.768 e. The molecule has 1 saturated heterocycles. The van der Waals surface area contributed by atoms with Gasteiger partial charge in [-0.2, -0.15) is 0 Å². The number of anilines is 1. The minimum Gasteiger partial charge on any atom is -0.768 e. The van der Waals surface area contributed by atoms with Gasteiger partial charge in [0.15, 0.2) is 0 Å². The number of hydrogen-bond donors (Lipinski definition) is 0. The molecule has 3 heterocycles. The minimum absolute atomic E-state index is 0.271. The molecular formula is C27H29N4O3S-. The van der Waals surface area contributed by atoms with E-state index in [0.29, 0.717) is 0 Å². The fraction of sp³-hybridized carbons (Fsp3) is 0.296. The molecule has 0 amide bonds. The monoisotopic (exact) mass is 489 g/mol. The Hall–Kier alpha value is -3.04. The van der Waals surface area contributed by atoms with Crippen LogP contribution in [0.1, 0.15) is 5.56 Å². The lowest BCUT2D eigenvalue weighted by atomic mass is 10.1. The molecule has 35 heavy (non-hydrogen) atoms. The Balaban J connectivity index is 1.34. The molecule has 1 atom stereocenters. The summed E-state index contributed by atoms with van der Waals surface area (Å²) in [6.45, 7) is 8.01. The van der Waals surface area contributed by atoms with Crippen LogP contribution in [0.4, 0.5) is 5.69 Å². The van der Waals surface area contributed by atoms with Gasteiger partial charge in [0.2, 0.25) is 0 Å². The third-order valence-corrected chi connectivity index (χ3v) is 7.28. The topological polar surface area (TPSA) is 73.1 Å². The Morgan fingerprint density at radius 1 is 0.943 bits per heavy atom. The summed E-state index contributed by atoms with van der Waals surface area (Å²) < 4.78 is 29.5. The predicted molar refractivity (Wildman–Crippen MR) is 139 cm³/mol. The molecule has 1 aliphatic heterocycles. The third-order valence-electron chi connectivity index (χ3n) is 6.63. The molecule has 2 aromatic heterocycles. The molecule has 4 aromatic rings. The maximum atomic E-state index is 11.1. The van der Waals surface area contributed by atoms with Gasteiger partial charge in [-0.15, -0.1) is 0 Å². The fourth-order valence-electron chi connectivity index (χ4n) is 4.62. The average Bonchev–Trinajstić information content (AvgIpc) is 3.33. The number of hydrogen-bond acceptors (Lipinski definition) is 6. The molecule has 0 radical (unpaired) electrons. The number of aryl methyl sites for hydroxylation is 1. The van der Waals surface area contributed by atoms with Gasteiger partial charge in [0, 0.05) is 68.4 Å². The average molecular weight is 490 g/mol. The third kappa shape index (κ3) is 5.16. The molecule has 8 heteroatoms. The van der Waals surface area contributed by atoms with Crippen molar-refractivity contribution in [1.82, 2.24) is 14.3 Å². The Labute approximate surface area is 208 Å². The number of methoxy groups -OCH3 is 1. The zero-order valence-corrected chi connectivity index (χ0v) is 20.8. The Morgan fingerprint density at radius 2 is 1.63 bits per heavy atom. The van der Waals surface area contributed by atoms with Crippen molar-refractivity contribution < 1.29 is 13.5 Å². The van der Waals surface area contributed by atoms with Crippen molar-refractivity contribution in [1.29, 1.82) is 0 Å². The molecule has 1 fully saturated rings. The quantitative estimate of drug-likeness (QED) is 0.366. The molecular weight excluding hydrogens is 460 g/mol. The molecule has 1 aliphatic rings. The lowest BCUT2D eigenvalue weighted by Gasteiger charge is -2.36. The van der Waals surface area contributed by atoms with Crippen LogP contribution in [-0.2, 0) is 15.8 Å². The number of piperazine rings is 1. The van der Waals surface area contributed by atoms with Gasteiger partial charge >= 0.3 is 0 Å². The van der Waals surface area contributed by atoms with Crippen LogP contribution in [0.5, 0.6) is 0 Å². The van der Waals surface area contributed by atoms with Crippen molar-refractivity contribution in [2.75, 3.05) is 51.3 Å². The minimum atomic E-state index is -2.23. The van der Waals surface area contributed by atoms with Crippen LogP contribution >= 0.6 is 0 Å². The van der Waals surface area contributed by atoms with E-state index in [9.17, 15) is 8.76 Å². The van der Waals surface area contributed by atoms with Gasteiger partial charge in [0.1, 0.15) is 5.65 Å². The highest BCUT2D eigenvalue weighted by atomic mass is 32.2. The molecule has 1 unspecified atom stereocenters. The predicted octanol–water partition coefficient (Wildman–Crippen LogP) is 3.98.